The Labute approximate surface area is 241 Å². The van der Waals surface area contributed by atoms with Crippen molar-refractivity contribution in [3.63, 3.8) is 0 Å². The lowest BCUT2D eigenvalue weighted by atomic mass is 9.84. The van der Waals surface area contributed by atoms with E-state index in [4.69, 9.17) is 18.9 Å². The van der Waals surface area contributed by atoms with Gasteiger partial charge in [-0.05, 0) is 59.8 Å². The van der Waals surface area contributed by atoms with Crippen molar-refractivity contribution in [2.24, 2.45) is 0 Å². The Morgan fingerprint density at radius 2 is 0.900 bits per heavy atom. The quantitative estimate of drug-likeness (QED) is 0.183. The summed E-state index contributed by atoms with van der Waals surface area (Å²) >= 11 is 0. The third-order valence-electron chi connectivity index (χ3n) is 6.60. The van der Waals surface area contributed by atoms with Crippen molar-refractivity contribution in [1.82, 2.24) is 0 Å². The van der Waals surface area contributed by atoms with E-state index < -0.39 is 0 Å². The zero-order valence-electron chi connectivity index (χ0n) is 26.0. The number of ether oxygens (including phenoxy) is 4. The summed E-state index contributed by atoms with van der Waals surface area (Å²) in [6.07, 6.45) is 2.01. The molecule has 0 N–H and O–H groups in total. The summed E-state index contributed by atoms with van der Waals surface area (Å²) in [6, 6.07) is 13.0. The fraction of sp³-hybridized carbons (Fsp3) is 0.588. The first-order valence-electron chi connectivity index (χ1n) is 14.4. The third-order valence-corrected chi connectivity index (χ3v) is 6.60. The Hall–Kier alpha value is -2.70. The van der Waals surface area contributed by atoms with Gasteiger partial charge in [0.05, 0.1) is 26.4 Å². The number of carbonyl (C=O) groups is 2. The molecule has 0 saturated carbocycles. The number of carbonyl (C=O) groups excluding carboxylic acids is 2. The first kappa shape index (κ1) is 33.5. The van der Waals surface area contributed by atoms with E-state index in [1.807, 2.05) is 0 Å². The number of esters is 2. The molecule has 0 spiro atoms. The molecule has 0 atom stereocenters. The molecular formula is C34H50O6. The zero-order chi connectivity index (χ0) is 29.8. The summed E-state index contributed by atoms with van der Waals surface area (Å²) < 4.78 is 21.5. The Bertz CT molecular complexity index is 1000. The molecule has 0 amide bonds. The molecule has 0 radical (unpaired) electrons. The van der Waals surface area contributed by atoms with E-state index in [0.29, 0.717) is 52.1 Å². The molecule has 222 valence electrons. The van der Waals surface area contributed by atoms with Crippen LogP contribution < -0.4 is 0 Å². The van der Waals surface area contributed by atoms with E-state index in [2.05, 4.69) is 91.8 Å². The second-order valence-electron chi connectivity index (χ2n) is 12.6. The molecule has 0 aliphatic rings. The minimum absolute atomic E-state index is 0.0750. The van der Waals surface area contributed by atoms with Gasteiger partial charge in [-0.1, -0.05) is 89.1 Å². The smallest absolute Gasteiger partial charge is 0.306 e. The van der Waals surface area contributed by atoms with Crippen LogP contribution in [0.1, 0.15) is 87.8 Å². The maximum absolute atomic E-state index is 12.1. The first-order chi connectivity index (χ1) is 18.7. The SMILES string of the molecule is Cc1cc(CCC(=O)OCCOCCOCCOC(=O)CCc2cc(C)cc(C(C)(C)C)c2)cc(C(C)(C)C)c1. The first-order valence-corrected chi connectivity index (χ1v) is 14.4. The summed E-state index contributed by atoms with van der Waals surface area (Å²) in [5, 5.41) is 0. The Morgan fingerprint density at radius 1 is 0.550 bits per heavy atom. The van der Waals surface area contributed by atoms with Crippen LogP contribution in [-0.4, -0.2) is 51.6 Å². The highest BCUT2D eigenvalue weighted by Gasteiger charge is 2.16. The average molecular weight is 555 g/mol. The molecule has 6 nitrogen and oxygen atoms in total. The number of benzene rings is 2. The molecule has 0 saturated heterocycles. The molecule has 2 aromatic rings. The summed E-state index contributed by atoms with van der Waals surface area (Å²) in [6.45, 7) is 19.1. The van der Waals surface area contributed by atoms with Gasteiger partial charge in [0.25, 0.3) is 0 Å². The molecule has 2 rings (SSSR count). The molecule has 6 heteroatoms. The van der Waals surface area contributed by atoms with Crippen LogP contribution in [0.3, 0.4) is 0 Å². The van der Waals surface area contributed by atoms with Gasteiger partial charge < -0.3 is 18.9 Å². The molecule has 0 unspecified atom stereocenters. The molecule has 2 aromatic carbocycles. The molecular weight excluding hydrogens is 504 g/mol. The Morgan fingerprint density at radius 3 is 1.25 bits per heavy atom. The fourth-order valence-corrected chi connectivity index (χ4v) is 4.27. The Balaban J connectivity index is 1.49. The summed E-state index contributed by atoms with van der Waals surface area (Å²) in [5.41, 5.74) is 7.42. The van der Waals surface area contributed by atoms with Crippen molar-refractivity contribution < 1.29 is 28.5 Å². The van der Waals surface area contributed by atoms with E-state index in [0.717, 1.165) is 11.1 Å². The number of hydrogen-bond acceptors (Lipinski definition) is 6. The van der Waals surface area contributed by atoms with Crippen LogP contribution in [0, 0.1) is 13.8 Å². The molecule has 40 heavy (non-hydrogen) atoms. The average Bonchev–Trinajstić information content (AvgIpc) is 2.85. The van der Waals surface area contributed by atoms with Crippen LogP contribution in [0.5, 0.6) is 0 Å². The normalized spacial score (nSPS) is 11.9. The lowest BCUT2D eigenvalue weighted by Gasteiger charge is -2.20. The van der Waals surface area contributed by atoms with Crippen molar-refractivity contribution in [3.8, 4) is 0 Å². The highest BCUT2D eigenvalue weighted by atomic mass is 16.6. The molecule has 0 aliphatic carbocycles. The molecule has 0 aliphatic heterocycles. The van der Waals surface area contributed by atoms with Crippen molar-refractivity contribution in [1.29, 1.82) is 0 Å². The lowest BCUT2D eigenvalue weighted by Crippen LogP contribution is -2.15. The number of aryl methyl sites for hydroxylation is 4. The van der Waals surface area contributed by atoms with Gasteiger partial charge >= 0.3 is 11.9 Å². The minimum Gasteiger partial charge on any atom is -0.463 e. The van der Waals surface area contributed by atoms with Crippen LogP contribution in [0.25, 0.3) is 0 Å². The van der Waals surface area contributed by atoms with Gasteiger partial charge in [0.1, 0.15) is 13.2 Å². The van der Waals surface area contributed by atoms with E-state index in [1.54, 1.807) is 0 Å². The van der Waals surface area contributed by atoms with Gasteiger partial charge in [0, 0.05) is 12.8 Å². The van der Waals surface area contributed by atoms with Gasteiger partial charge in [-0.2, -0.15) is 0 Å². The largest absolute Gasteiger partial charge is 0.463 e. The van der Waals surface area contributed by atoms with Crippen molar-refractivity contribution in [2.75, 3.05) is 39.6 Å². The zero-order valence-corrected chi connectivity index (χ0v) is 26.0. The number of rotatable bonds is 15. The summed E-state index contributed by atoms with van der Waals surface area (Å²) in [4.78, 5) is 24.2. The van der Waals surface area contributed by atoms with Gasteiger partial charge in [-0.25, -0.2) is 0 Å². The lowest BCUT2D eigenvalue weighted by molar-refractivity contribution is -0.146. The second-order valence-corrected chi connectivity index (χ2v) is 12.6. The number of hydrogen-bond donors (Lipinski definition) is 0. The standard InChI is InChI=1S/C34H50O6/c1-25-19-27(23-29(21-25)33(3,4)5)9-11-31(35)39-17-15-37-13-14-38-16-18-40-32(36)12-10-28-20-26(2)22-30(24-28)34(6,7)8/h19-24H,9-18H2,1-8H3. The van der Waals surface area contributed by atoms with E-state index in [9.17, 15) is 9.59 Å². The van der Waals surface area contributed by atoms with Crippen LogP contribution in [-0.2, 0) is 52.2 Å². The van der Waals surface area contributed by atoms with Gasteiger partial charge in [-0.3, -0.25) is 9.59 Å². The van der Waals surface area contributed by atoms with Crippen molar-refractivity contribution >= 4 is 11.9 Å². The van der Waals surface area contributed by atoms with Crippen LogP contribution in [0.15, 0.2) is 36.4 Å². The van der Waals surface area contributed by atoms with Crippen molar-refractivity contribution in [2.45, 2.75) is 91.9 Å². The van der Waals surface area contributed by atoms with Crippen LogP contribution in [0.2, 0.25) is 0 Å². The van der Waals surface area contributed by atoms with Gasteiger partial charge in [0.2, 0.25) is 0 Å². The minimum atomic E-state index is -0.225. The summed E-state index contributed by atoms with van der Waals surface area (Å²) in [7, 11) is 0. The van der Waals surface area contributed by atoms with E-state index in [-0.39, 0.29) is 36.0 Å². The van der Waals surface area contributed by atoms with E-state index in [1.165, 1.54) is 22.3 Å². The van der Waals surface area contributed by atoms with Crippen LogP contribution >= 0.6 is 0 Å². The molecule has 0 aromatic heterocycles. The highest BCUT2D eigenvalue weighted by molar-refractivity contribution is 5.70. The highest BCUT2D eigenvalue weighted by Crippen LogP contribution is 2.26. The molecule has 0 fully saturated rings. The maximum Gasteiger partial charge on any atom is 0.306 e. The maximum atomic E-state index is 12.1. The van der Waals surface area contributed by atoms with Gasteiger partial charge in [-0.15, -0.1) is 0 Å². The molecule has 0 bridgehead atoms. The topological polar surface area (TPSA) is 71.1 Å². The Kier molecular flexibility index (Phi) is 13.3. The predicted octanol–water partition coefficient (Wildman–Crippen LogP) is 6.58. The fourth-order valence-electron chi connectivity index (χ4n) is 4.27. The van der Waals surface area contributed by atoms with Crippen molar-refractivity contribution in [3.05, 3.63) is 69.8 Å². The second kappa shape index (κ2) is 15.9. The molecule has 0 heterocycles. The predicted molar refractivity (Wildman–Crippen MR) is 160 cm³/mol. The van der Waals surface area contributed by atoms with Crippen LogP contribution in [0.4, 0.5) is 0 Å². The third kappa shape index (κ3) is 13.1. The van der Waals surface area contributed by atoms with E-state index >= 15 is 0 Å². The van der Waals surface area contributed by atoms with Gasteiger partial charge in [0.15, 0.2) is 0 Å². The summed E-state index contributed by atoms with van der Waals surface area (Å²) in [5.74, 6) is -0.449. The monoisotopic (exact) mass is 554 g/mol.